The Kier molecular flexibility index (Phi) is 5.34. The van der Waals surface area contributed by atoms with Gasteiger partial charge in [0.15, 0.2) is 16.8 Å². The van der Waals surface area contributed by atoms with Crippen molar-refractivity contribution in [2.24, 2.45) is 0 Å². The van der Waals surface area contributed by atoms with E-state index in [0.717, 1.165) is 27.3 Å². The number of amides is 1. The lowest BCUT2D eigenvalue weighted by molar-refractivity contribution is -0.116. The highest BCUT2D eigenvalue weighted by molar-refractivity contribution is 7.22. The molecule has 0 unspecified atom stereocenters. The van der Waals surface area contributed by atoms with E-state index in [4.69, 9.17) is 9.15 Å². The molecule has 0 radical (unpaired) electrons. The number of fused-ring (bicyclic) bond motifs is 1. The molecule has 2 heterocycles. The van der Waals surface area contributed by atoms with Crippen LogP contribution in [0.25, 0.3) is 21.5 Å². The van der Waals surface area contributed by atoms with Gasteiger partial charge in [0.2, 0.25) is 5.91 Å². The summed E-state index contributed by atoms with van der Waals surface area (Å²) in [5.41, 5.74) is 1.83. The normalized spacial score (nSPS) is 10.9. The molecule has 0 fully saturated rings. The largest absolute Gasteiger partial charge is 0.497 e. The quantitative estimate of drug-likeness (QED) is 0.482. The molecule has 1 amide bonds. The number of nitrogens with one attached hydrogen (secondary N) is 1. The number of carbonyl (C=O) groups is 1. The summed E-state index contributed by atoms with van der Waals surface area (Å²) in [5.74, 6) is 2.08. The first-order chi connectivity index (χ1) is 13.7. The maximum Gasteiger partial charge on any atom is 0.226 e. The fourth-order valence-corrected chi connectivity index (χ4v) is 3.74. The van der Waals surface area contributed by atoms with E-state index in [1.807, 2.05) is 48.5 Å². The minimum Gasteiger partial charge on any atom is -0.497 e. The van der Waals surface area contributed by atoms with Gasteiger partial charge in [-0.15, -0.1) is 0 Å². The maximum absolute atomic E-state index is 12.2. The number of ether oxygens (including phenoxy) is 1. The third kappa shape index (κ3) is 4.20. The first-order valence-electron chi connectivity index (χ1n) is 8.96. The number of hydrogen-bond acceptors (Lipinski definition) is 6. The Bertz CT molecular complexity index is 1090. The number of methoxy groups -OCH3 is 1. The number of nitrogens with zero attached hydrogens (tertiary/aromatic N) is 2. The van der Waals surface area contributed by atoms with Crippen LogP contribution in [0.4, 0.5) is 5.13 Å². The second-order valence-electron chi connectivity index (χ2n) is 6.24. The van der Waals surface area contributed by atoms with Crippen molar-refractivity contribution in [3.8, 4) is 17.1 Å². The molecule has 0 saturated heterocycles. The van der Waals surface area contributed by atoms with Crippen LogP contribution in [-0.4, -0.2) is 23.0 Å². The predicted octanol–water partition coefficient (Wildman–Crippen LogP) is 4.92. The van der Waals surface area contributed by atoms with E-state index >= 15 is 0 Å². The molecule has 2 aromatic carbocycles. The Labute approximate surface area is 166 Å². The van der Waals surface area contributed by atoms with Crippen molar-refractivity contribution in [2.45, 2.75) is 19.3 Å². The third-order valence-corrected chi connectivity index (χ3v) is 5.18. The minimum absolute atomic E-state index is 0.0686. The highest BCUT2D eigenvalue weighted by Crippen LogP contribution is 2.29. The summed E-state index contributed by atoms with van der Waals surface area (Å²) in [7, 11) is 1.63. The lowest BCUT2D eigenvalue weighted by atomic mass is 10.2. The molecular weight excluding hydrogens is 374 g/mol. The number of benzene rings is 2. The van der Waals surface area contributed by atoms with Crippen LogP contribution in [0.2, 0.25) is 0 Å². The number of anilines is 1. The van der Waals surface area contributed by atoms with Gasteiger partial charge >= 0.3 is 0 Å². The molecule has 6 nitrogen and oxygen atoms in total. The number of thiazole rings is 1. The number of oxazole rings is 1. The summed E-state index contributed by atoms with van der Waals surface area (Å²) in [6.07, 6.45) is 3.36. The summed E-state index contributed by atoms with van der Waals surface area (Å²) in [6.45, 7) is 0. The Morgan fingerprint density at radius 3 is 2.89 bits per heavy atom. The van der Waals surface area contributed by atoms with Gasteiger partial charge in [-0.2, -0.15) is 0 Å². The second-order valence-corrected chi connectivity index (χ2v) is 7.27. The van der Waals surface area contributed by atoms with Crippen LogP contribution in [0.15, 0.2) is 59.1 Å². The smallest absolute Gasteiger partial charge is 0.226 e. The van der Waals surface area contributed by atoms with Crippen LogP contribution < -0.4 is 10.1 Å². The molecule has 4 aromatic rings. The van der Waals surface area contributed by atoms with Crippen molar-refractivity contribution in [1.29, 1.82) is 0 Å². The number of rotatable bonds is 7. The summed E-state index contributed by atoms with van der Waals surface area (Å²) in [4.78, 5) is 20.9. The predicted molar refractivity (Wildman–Crippen MR) is 110 cm³/mol. The van der Waals surface area contributed by atoms with Crippen molar-refractivity contribution in [1.82, 2.24) is 9.97 Å². The first kappa shape index (κ1) is 18.2. The van der Waals surface area contributed by atoms with E-state index in [1.54, 1.807) is 13.3 Å². The van der Waals surface area contributed by atoms with Gasteiger partial charge in [-0.05, 0) is 24.6 Å². The van der Waals surface area contributed by atoms with Gasteiger partial charge in [-0.25, -0.2) is 9.97 Å². The molecule has 2 aromatic heterocycles. The molecule has 7 heteroatoms. The molecule has 1 N–H and O–H groups in total. The summed E-state index contributed by atoms with van der Waals surface area (Å²) in [6, 6.07) is 15.5. The zero-order chi connectivity index (χ0) is 19.3. The van der Waals surface area contributed by atoms with Crippen molar-refractivity contribution in [2.75, 3.05) is 12.4 Å². The van der Waals surface area contributed by atoms with Gasteiger partial charge in [0.1, 0.15) is 5.75 Å². The van der Waals surface area contributed by atoms with Crippen molar-refractivity contribution in [3.63, 3.8) is 0 Å². The minimum atomic E-state index is -0.0686. The number of hydrogen-bond donors (Lipinski definition) is 1. The topological polar surface area (TPSA) is 77.2 Å². The maximum atomic E-state index is 12.2. The number of aryl methyl sites for hydroxylation is 1. The lowest BCUT2D eigenvalue weighted by Crippen LogP contribution is -2.11. The summed E-state index contributed by atoms with van der Waals surface area (Å²) >= 11 is 1.43. The van der Waals surface area contributed by atoms with Gasteiger partial charge < -0.3 is 14.5 Å². The van der Waals surface area contributed by atoms with Gasteiger partial charge in [-0.3, -0.25) is 4.79 Å². The van der Waals surface area contributed by atoms with Gasteiger partial charge in [0.05, 0.1) is 23.5 Å². The van der Waals surface area contributed by atoms with Crippen molar-refractivity contribution in [3.05, 3.63) is 60.6 Å². The highest BCUT2D eigenvalue weighted by atomic mass is 32.1. The Hall–Kier alpha value is -3.19. The molecule has 0 saturated carbocycles. The van der Waals surface area contributed by atoms with E-state index < -0.39 is 0 Å². The lowest BCUT2D eigenvalue weighted by Gasteiger charge is -2.00. The average molecular weight is 393 g/mol. The molecule has 4 rings (SSSR count). The van der Waals surface area contributed by atoms with Crippen LogP contribution in [0, 0.1) is 0 Å². The van der Waals surface area contributed by atoms with Crippen LogP contribution in [0.5, 0.6) is 5.75 Å². The van der Waals surface area contributed by atoms with Crippen LogP contribution in [0.1, 0.15) is 18.7 Å². The van der Waals surface area contributed by atoms with Crippen molar-refractivity contribution < 1.29 is 13.9 Å². The molecular formula is C21H19N3O3S. The van der Waals surface area contributed by atoms with Crippen molar-refractivity contribution >= 4 is 32.6 Å². The van der Waals surface area contributed by atoms with E-state index in [1.165, 1.54) is 11.3 Å². The molecule has 0 aliphatic rings. The summed E-state index contributed by atoms with van der Waals surface area (Å²) < 4.78 is 12.0. The fraction of sp³-hybridized carbons (Fsp3) is 0.190. The summed E-state index contributed by atoms with van der Waals surface area (Å²) in [5, 5.41) is 3.46. The molecule has 0 atom stereocenters. The molecule has 28 heavy (non-hydrogen) atoms. The molecule has 0 aliphatic heterocycles. The van der Waals surface area contributed by atoms with Gasteiger partial charge in [0, 0.05) is 18.4 Å². The second kappa shape index (κ2) is 8.22. The zero-order valence-corrected chi connectivity index (χ0v) is 16.2. The van der Waals surface area contributed by atoms with E-state index in [-0.39, 0.29) is 5.91 Å². The van der Waals surface area contributed by atoms with Gasteiger partial charge in [-0.1, -0.05) is 41.7 Å². The van der Waals surface area contributed by atoms with Crippen LogP contribution in [0.3, 0.4) is 0 Å². The standard InChI is InChI=1S/C21H19N3O3S/c1-26-15-10-11-16-18(12-15)28-21(23-16)24-19(25)8-5-9-20-22-13-17(27-20)14-6-3-2-4-7-14/h2-4,6-7,10-13H,5,8-9H2,1H3,(H,23,24,25). The van der Waals surface area contributed by atoms with Crippen LogP contribution in [-0.2, 0) is 11.2 Å². The fourth-order valence-electron chi connectivity index (χ4n) is 2.83. The molecule has 0 bridgehead atoms. The zero-order valence-electron chi connectivity index (χ0n) is 15.3. The first-order valence-corrected chi connectivity index (χ1v) is 9.77. The third-order valence-electron chi connectivity index (χ3n) is 4.25. The van der Waals surface area contributed by atoms with E-state index in [9.17, 15) is 4.79 Å². The van der Waals surface area contributed by atoms with Gasteiger partial charge in [0.25, 0.3) is 0 Å². The Morgan fingerprint density at radius 1 is 1.21 bits per heavy atom. The molecule has 0 spiro atoms. The van der Waals surface area contributed by atoms with E-state index in [2.05, 4.69) is 15.3 Å². The SMILES string of the molecule is COc1ccc2nc(NC(=O)CCCc3ncc(-c4ccccc4)o3)sc2c1. The Balaban J connectivity index is 1.30. The van der Waals surface area contributed by atoms with E-state index in [0.29, 0.717) is 30.3 Å². The average Bonchev–Trinajstić information content (AvgIpc) is 3.34. The monoisotopic (exact) mass is 393 g/mol. The molecule has 142 valence electrons. The van der Waals surface area contributed by atoms with Crippen LogP contribution >= 0.6 is 11.3 Å². The molecule has 0 aliphatic carbocycles. The number of aromatic nitrogens is 2. The Morgan fingerprint density at radius 2 is 2.07 bits per heavy atom. The number of carbonyl (C=O) groups excluding carboxylic acids is 1. The highest BCUT2D eigenvalue weighted by Gasteiger charge is 2.10.